The van der Waals surface area contributed by atoms with Gasteiger partial charge in [-0.05, 0) is 41.7 Å². The normalized spacial score (nSPS) is 20.1. The molecule has 0 spiro atoms. The van der Waals surface area contributed by atoms with Crippen LogP contribution < -0.4 is 15.4 Å². The second kappa shape index (κ2) is 9.54. The standard InChI is InChI=1S/C28H25ClF2N2O3/c1-36-20-12-22(30)25(23(31)13-20)21-15-32-27(35)26(21)33-24(34)14-28(8-9-28)18-6-2-4-16(10-18)17-5-3-7-19(29)11-17/h2-7,10-13,21,26H,8-9,14-15H2,1H3,(H,32,35)(H,33,34)/t21-,26-/m0/s1. The topological polar surface area (TPSA) is 67.4 Å². The Morgan fingerprint density at radius 3 is 2.39 bits per heavy atom. The first-order valence-corrected chi connectivity index (χ1v) is 12.1. The van der Waals surface area contributed by atoms with E-state index in [1.807, 2.05) is 42.5 Å². The number of ether oxygens (including phenoxy) is 1. The van der Waals surface area contributed by atoms with Gasteiger partial charge in [0.1, 0.15) is 23.4 Å². The maximum absolute atomic E-state index is 14.7. The molecule has 3 aromatic carbocycles. The highest BCUT2D eigenvalue weighted by atomic mass is 35.5. The highest BCUT2D eigenvalue weighted by molar-refractivity contribution is 6.30. The molecular weight excluding hydrogens is 486 g/mol. The van der Waals surface area contributed by atoms with Crippen molar-refractivity contribution in [3.05, 3.63) is 88.4 Å². The summed E-state index contributed by atoms with van der Waals surface area (Å²) in [6.45, 7) is 0.0246. The molecule has 0 bridgehead atoms. The van der Waals surface area contributed by atoms with Crippen LogP contribution in [0.2, 0.25) is 5.02 Å². The van der Waals surface area contributed by atoms with Gasteiger partial charge in [0, 0.05) is 47.0 Å². The Labute approximate surface area is 212 Å². The number of rotatable bonds is 7. The zero-order valence-electron chi connectivity index (χ0n) is 19.6. The fourth-order valence-electron chi connectivity index (χ4n) is 5.04. The number of methoxy groups -OCH3 is 1. The minimum absolute atomic E-state index is 0.0246. The van der Waals surface area contributed by atoms with Gasteiger partial charge in [0.15, 0.2) is 0 Å². The Morgan fingerprint density at radius 2 is 1.75 bits per heavy atom. The van der Waals surface area contributed by atoms with Gasteiger partial charge in [0.05, 0.1) is 7.11 Å². The lowest BCUT2D eigenvalue weighted by molar-refractivity contribution is -0.127. The fourth-order valence-corrected chi connectivity index (χ4v) is 5.23. The molecule has 186 valence electrons. The monoisotopic (exact) mass is 510 g/mol. The lowest BCUT2D eigenvalue weighted by atomic mass is 9.88. The van der Waals surface area contributed by atoms with Crippen LogP contribution in [0.25, 0.3) is 11.1 Å². The van der Waals surface area contributed by atoms with Gasteiger partial charge in [-0.25, -0.2) is 8.78 Å². The van der Waals surface area contributed by atoms with E-state index >= 15 is 0 Å². The molecule has 3 aromatic rings. The van der Waals surface area contributed by atoms with Gasteiger partial charge >= 0.3 is 0 Å². The van der Waals surface area contributed by atoms with Gasteiger partial charge in [0.2, 0.25) is 11.8 Å². The summed E-state index contributed by atoms with van der Waals surface area (Å²) >= 11 is 6.15. The lowest BCUT2D eigenvalue weighted by Crippen LogP contribution is -2.44. The Hall–Kier alpha value is -3.45. The highest BCUT2D eigenvalue weighted by Gasteiger charge is 2.47. The summed E-state index contributed by atoms with van der Waals surface area (Å²) in [4.78, 5) is 25.6. The first-order valence-electron chi connectivity index (χ1n) is 11.8. The number of carbonyl (C=O) groups is 2. The predicted molar refractivity (Wildman–Crippen MR) is 133 cm³/mol. The summed E-state index contributed by atoms with van der Waals surface area (Å²) in [6, 6.07) is 16.7. The minimum Gasteiger partial charge on any atom is -0.497 e. The van der Waals surface area contributed by atoms with Crippen molar-refractivity contribution in [1.82, 2.24) is 10.6 Å². The molecule has 2 atom stereocenters. The van der Waals surface area contributed by atoms with E-state index in [1.165, 1.54) is 7.11 Å². The van der Waals surface area contributed by atoms with Crippen LogP contribution in [0.15, 0.2) is 60.7 Å². The van der Waals surface area contributed by atoms with Crippen LogP contribution in [0.4, 0.5) is 8.78 Å². The van der Waals surface area contributed by atoms with Crippen LogP contribution in [0.1, 0.15) is 36.3 Å². The van der Waals surface area contributed by atoms with Crippen molar-refractivity contribution in [3.8, 4) is 16.9 Å². The van der Waals surface area contributed by atoms with Crippen molar-refractivity contribution in [2.75, 3.05) is 13.7 Å². The fraction of sp³-hybridized carbons (Fsp3) is 0.286. The van der Waals surface area contributed by atoms with Crippen molar-refractivity contribution < 1.29 is 23.1 Å². The number of amides is 2. The molecule has 2 amide bonds. The van der Waals surface area contributed by atoms with Crippen molar-refractivity contribution in [3.63, 3.8) is 0 Å². The molecule has 2 aliphatic rings. The Morgan fingerprint density at radius 1 is 1.08 bits per heavy atom. The third-order valence-corrected chi connectivity index (χ3v) is 7.38. The maximum atomic E-state index is 14.7. The van der Waals surface area contributed by atoms with E-state index < -0.39 is 29.5 Å². The predicted octanol–water partition coefficient (Wildman–Crippen LogP) is 5.11. The zero-order chi connectivity index (χ0) is 25.4. The molecule has 1 saturated heterocycles. The van der Waals surface area contributed by atoms with Gasteiger partial charge in [-0.15, -0.1) is 0 Å². The smallest absolute Gasteiger partial charge is 0.243 e. The van der Waals surface area contributed by atoms with Crippen molar-refractivity contribution in [1.29, 1.82) is 0 Å². The molecule has 0 unspecified atom stereocenters. The van der Waals surface area contributed by atoms with Crippen LogP contribution in [0.3, 0.4) is 0 Å². The molecule has 2 N–H and O–H groups in total. The second-order valence-corrected chi connectivity index (χ2v) is 9.89. The number of nitrogens with one attached hydrogen (secondary N) is 2. The van der Waals surface area contributed by atoms with Crippen molar-refractivity contribution in [2.24, 2.45) is 0 Å². The molecule has 2 fully saturated rings. The first kappa shape index (κ1) is 24.3. The molecule has 8 heteroatoms. The summed E-state index contributed by atoms with van der Waals surface area (Å²) < 4.78 is 34.3. The van der Waals surface area contributed by atoms with Gasteiger partial charge in [0.25, 0.3) is 0 Å². The third kappa shape index (κ3) is 4.67. The summed E-state index contributed by atoms with van der Waals surface area (Å²) in [6.07, 6.45) is 1.85. The molecule has 36 heavy (non-hydrogen) atoms. The molecule has 1 aliphatic heterocycles. The second-order valence-electron chi connectivity index (χ2n) is 9.45. The molecular formula is C28H25ClF2N2O3. The van der Waals surface area contributed by atoms with Crippen molar-refractivity contribution >= 4 is 23.4 Å². The number of halogens is 3. The molecule has 5 rings (SSSR count). The quantitative estimate of drug-likeness (QED) is 0.464. The Bertz CT molecular complexity index is 1320. The largest absolute Gasteiger partial charge is 0.497 e. The summed E-state index contributed by atoms with van der Waals surface area (Å²) in [5.74, 6) is -3.25. The minimum atomic E-state index is -1.07. The summed E-state index contributed by atoms with van der Waals surface area (Å²) in [5.41, 5.74) is 2.45. The lowest BCUT2D eigenvalue weighted by Gasteiger charge is -2.22. The van der Waals surface area contributed by atoms with Crippen LogP contribution in [-0.2, 0) is 15.0 Å². The zero-order valence-corrected chi connectivity index (χ0v) is 20.4. The highest BCUT2D eigenvalue weighted by Crippen LogP contribution is 2.51. The number of carbonyl (C=O) groups excluding carboxylic acids is 2. The van der Waals surface area contributed by atoms with Crippen LogP contribution >= 0.6 is 11.6 Å². The molecule has 0 aromatic heterocycles. The molecule has 1 saturated carbocycles. The van der Waals surface area contributed by atoms with E-state index in [1.54, 1.807) is 0 Å². The average molecular weight is 511 g/mol. The van der Waals surface area contributed by atoms with E-state index in [9.17, 15) is 18.4 Å². The molecule has 0 radical (unpaired) electrons. The Balaban J connectivity index is 1.34. The van der Waals surface area contributed by atoms with Gasteiger partial charge in [-0.3, -0.25) is 9.59 Å². The van der Waals surface area contributed by atoms with E-state index in [2.05, 4.69) is 16.7 Å². The number of hydrogen-bond acceptors (Lipinski definition) is 3. The average Bonchev–Trinajstić information content (AvgIpc) is 3.56. The third-order valence-electron chi connectivity index (χ3n) is 7.14. The number of benzene rings is 3. The van der Waals surface area contributed by atoms with E-state index in [0.717, 1.165) is 41.7 Å². The van der Waals surface area contributed by atoms with E-state index in [-0.39, 0.29) is 35.6 Å². The van der Waals surface area contributed by atoms with Gasteiger partial charge < -0.3 is 15.4 Å². The summed E-state index contributed by atoms with van der Waals surface area (Å²) in [5, 5.41) is 6.01. The first-order chi connectivity index (χ1) is 17.3. The maximum Gasteiger partial charge on any atom is 0.243 e. The Kier molecular flexibility index (Phi) is 6.43. The SMILES string of the molecule is COc1cc(F)c([C@@H]2CNC(=O)[C@H]2NC(=O)CC2(c3cccc(-c4cccc(Cl)c4)c3)CC2)c(F)c1. The van der Waals surface area contributed by atoms with E-state index in [0.29, 0.717) is 5.02 Å². The molecule has 1 aliphatic carbocycles. The van der Waals surface area contributed by atoms with E-state index in [4.69, 9.17) is 16.3 Å². The van der Waals surface area contributed by atoms with Crippen LogP contribution in [-0.4, -0.2) is 31.5 Å². The molecule has 5 nitrogen and oxygen atoms in total. The van der Waals surface area contributed by atoms with Crippen molar-refractivity contribution in [2.45, 2.75) is 36.6 Å². The van der Waals surface area contributed by atoms with Gasteiger partial charge in [-0.1, -0.05) is 48.0 Å². The molecule has 1 heterocycles. The van der Waals surface area contributed by atoms with Gasteiger partial charge in [-0.2, -0.15) is 0 Å². The number of hydrogen-bond donors (Lipinski definition) is 2. The van der Waals surface area contributed by atoms with Crippen LogP contribution in [0, 0.1) is 11.6 Å². The summed E-state index contributed by atoms with van der Waals surface area (Å²) in [7, 11) is 1.32. The van der Waals surface area contributed by atoms with Crippen LogP contribution in [0.5, 0.6) is 5.75 Å².